The van der Waals surface area contributed by atoms with Crippen LogP contribution in [0.25, 0.3) is 0 Å². The fourth-order valence-electron chi connectivity index (χ4n) is 5.17. The van der Waals surface area contributed by atoms with Gasteiger partial charge in [0.1, 0.15) is 4.21 Å². The molecule has 2 unspecified atom stereocenters. The van der Waals surface area contributed by atoms with Gasteiger partial charge in [0.2, 0.25) is 10.0 Å². The summed E-state index contributed by atoms with van der Waals surface area (Å²) >= 11 is 6.96. The van der Waals surface area contributed by atoms with Crippen molar-refractivity contribution in [1.82, 2.24) is 4.72 Å². The first-order valence-electron chi connectivity index (χ1n) is 11.4. The minimum absolute atomic E-state index is 0.113. The van der Waals surface area contributed by atoms with Gasteiger partial charge >= 0.3 is 6.18 Å². The van der Waals surface area contributed by atoms with Crippen LogP contribution in [0, 0.1) is 11.8 Å². The predicted molar refractivity (Wildman–Crippen MR) is 133 cm³/mol. The molecule has 1 saturated carbocycles. The van der Waals surface area contributed by atoms with E-state index in [0.717, 1.165) is 66.0 Å². The largest absolute Gasteiger partial charge is 0.416 e. The topological polar surface area (TPSA) is 75.3 Å². The van der Waals surface area contributed by atoms with Crippen LogP contribution in [0.4, 0.5) is 18.9 Å². The van der Waals surface area contributed by atoms with Crippen LogP contribution in [0.15, 0.2) is 58.8 Å². The summed E-state index contributed by atoms with van der Waals surface area (Å²) in [6.07, 6.45) is -1.26. The smallest absolute Gasteiger partial charge is 0.322 e. The van der Waals surface area contributed by atoms with Gasteiger partial charge in [-0.3, -0.25) is 4.79 Å². The number of benzene rings is 2. The molecule has 2 aliphatic rings. The number of hydrogen-bond donors (Lipinski definition) is 2. The minimum atomic E-state index is -4.46. The molecule has 0 saturated heterocycles. The molecule has 0 radical (unpaired) electrons. The number of anilines is 1. The van der Waals surface area contributed by atoms with Crippen molar-refractivity contribution >= 4 is 44.6 Å². The summed E-state index contributed by atoms with van der Waals surface area (Å²) in [5, 5.41) is 2.76. The molecule has 11 heteroatoms. The maximum absolute atomic E-state index is 12.9. The molecular weight excluding hydrogens is 533 g/mol. The molecule has 1 fully saturated rings. The van der Waals surface area contributed by atoms with Crippen molar-refractivity contribution in [2.75, 3.05) is 5.32 Å². The fourth-order valence-corrected chi connectivity index (χ4v) is 8.05. The van der Waals surface area contributed by atoms with E-state index in [9.17, 15) is 26.4 Å². The maximum Gasteiger partial charge on any atom is 0.416 e. The molecule has 1 heterocycles. The summed E-state index contributed by atoms with van der Waals surface area (Å²) in [4.78, 5) is 12.6. The van der Waals surface area contributed by atoms with Gasteiger partial charge in [-0.1, -0.05) is 17.7 Å². The second kappa shape index (κ2) is 9.48. The van der Waals surface area contributed by atoms with Gasteiger partial charge in [-0.15, -0.1) is 11.3 Å². The van der Waals surface area contributed by atoms with Crippen molar-refractivity contribution in [2.45, 2.75) is 42.1 Å². The molecule has 5 nitrogen and oxygen atoms in total. The molecule has 2 N–H and O–H groups in total. The van der Waals surface area contributed by atoms with Crippen LogP contribution in [-0.4, -0.2) is 20.4 Å². The third-order valence-corrected chi connectivity index (χ3v) is 10.1. The Morgan fingerprint density at radius 1 is 0.944 bits per heavy atom. The van der Waals surface area contributed by atoms with Gasteiger partial charge in [-0.25, -0.2) is 13.1 Å². The lowest BCUT2D eigenvalue weighted by Gasteiger charge is -2.23. The number of halogens is 4. The van der Waals surface area contributed by atoms with Gasteiger partial charge in [0, 0.05) is 17.3 Å². The number of thiophene rings is 1. The first kappa shape index (κ1) is 25.3. The van der Waals surface area contributed by atoms with Crippen LogP contribution in [0.3, 0.4) is 0 Å². The van der Waals surface area contributed by atoms with Crippen LogP contribution >= 0.6 is 22.9 Å². The number of nitrogens with one attached hydrogen (secondary N) is 2. The van der Waals surface area contributed by atoms with E-state index in [-0.39, 0.29) is 27.7 Å². The number of alkyl halides is 3. The number of carbonyl (C=O) groups excluding carboxylic acids is 1. The van der Waals surface area contributed by atoms with E-state index in [1.54, 1.807) is 12.1 Å². The maximum atomic E-state index is 12.9. The van der Waals surface area contributed by atoms with Gasteiger partial charge in [0.25, 0.3) is 5.91 Å². The van der Waals surface area contributed by atoms with Crippen molar-refractivity contribution in [1.29, 1.82) is 0 Å². The van der Waals surface area contributed by atoms with E-state index < -0.39 is 27.7 Å². The Kier molecular flexibility index (Phi) is 6.65. The Balaban J connectivity index is 1.31. The van der Waals surface area contributed by atoms with Crippen molar-refractivity contribution in [3.8, 4) is 0 Å². The SMILES string of the molecule is O=C(Nc1ccc2c(c1)CC1CCC(C2)[C@H]1NS(=O)(=O)c1ccc(Cl)s1)c1ccc(C(F)(F)F)cc1. The average Bonchev–Trinajstić information content (AvgIpc) is 3.37. The highest BCUT2D eigenvalue weighted by molar-refractivity contribution is 7.91. The number of rotatable bonds is 5. The summed E-state index contributed by atoms with van der Waals surface area (Å²) in [7, 11) is -3.68. The summed E-state index contributed by atoms with van der Waals surface area (Å²) < 4.78 is 67.8. The number of sulfonamides is 1. The average molecular weight is 555 g/mol. The Morgan fingerprint density at radius 3 is 2.22 bits per heavy atom. The lowest BCUT2D eigenvalue weighted by molar-refractivity contribution is -0.137. The van der Waals surface area contributed by atoms with Crippen molar-refractivity contribution in [3.63, 3.8) is 0 Å². The number of amides is 1. The van der Waals surface area contributed by atoms with E-state index in [1.807, 2.05) is 12.1 Å². The predicted octanol–water partition coefficient (Wildman–Crippen LogP) is 6.14. The molecule has 1 aromatic heterocycles. The second-order valence-electron chi connectivity index (χ2n) is 9.22. The molecule has 3 aromatic rings. The highest BCUT2D eigenvalue weighted by Gasteiger charge is 2.41. The molecule has 1 amide bonds. The Bertz CT molecular complexity index is 1400. The Labute approximate surface area is 215 Å². The van der Waals surface area contributed by atoms with E-state index in [2.05, 4.69) is 10.0 Å². The van der Waals surface area contributed by atoms with E-state index in [0.29, 0.717) is 16.4 Å². The second-order valence-corrected chi connectivity index (χ2v) is 12.9. The lowest BCUT2D eigenvalue weighted by atomic mass is 9.93. The highest BCUT2D eigenvalue weighted by atomic mass is 35.5. The first-order valence-corrected chi connectivity index (χ1v) is 14.1. The summed E-state index contributed by atoms with van der Waals surface area (Å²) in [6, 6.07) is 12.5. The van der Waals surface area contributed by atoms with Crippen molar-refractivity contribution < 1.29 is 26.4 Å². The zero-order chi connectivity index (χ0) is 25.7. The van der Waals surface area contributed by atoms with E-state index >= 15 is 0 Å². The van der Waals surface area contributed by atoms with Crippen LogP contribution in [0.5, 0.6) is 0 Å². The standard InChI is InChI=1S/C25H22ClF3N2O3S2/c26-21-9-10-22(35-21)36(33,34)31-23-16-1-2-17(23)12-18-13-20(8-5-15(18)11-16)30-24(32)14-3-6-19(7-4-14)25(27,28)29/h3-10,13,16-17,23,31H,1-2,11-12H2,(H,30,32)/t16?,17?,23-/m1/s1. The molecule has 0 aliphatic heterocycles. The van der Waals surface area contributed by atoms with Gasteiger partial charge in [-0.05, 0) is 97.2 Å². The molecule has 2 bridgehead atoms. The Morgan fingerprint density at radius 2 is 1.61 bits per heavy atom. The molecule has 2 aromatic carbocycles. The van der Waals surface area contributed by atoms with E-state index in [1.165, 1.54) is 6.07 Å². The molecule has 190 valence electrons. The fraction of sp³-hybridized carbons (Fsp3) is 0.320. The molecule has 36 heavy (non-hydrogen) atoms. The molecule has 0 spiro atoms. The van der Waals surface area contributed by atoms with Gasteiger partial charge in [-0.2, -0.15) is 13.2 Å². The molecule has 2 aliphatic carbocycles. The zero-order valence-electron chi connectivity index (χ0n) is 18.8. The first-order chi connectivity index (χ1) is 17.0. The quantitative estimate of drug-likeness (QED) is 0.397. The summed E-state index contributed by atoms with van der Waals surface area (Å²) in [5.41, 5.74) is 2.00. The summed E-state index contributed by atoms with van der Waals surface area (Å²) in [6.45, 7) is 0. The van der Waals surface area contributed by atoms with E-state index in [4.69, 9.17) is 11.6 Å². The zero-order valence-corrected chi connectivity index (χ0v) is 21.2. The van der Waals surface area contributed by atoms with Crippen LogP contribution < -0.4 is 10.0 Å². The van der Waals surface area contributed by atoms with Crippen LogP contribution in [0.2, 0.25) is 4.34 Å². The van der Waals surface area contributed by atoms with Crippen LogP contribution in [-0.2, 0) is 29.0 Å². The minimum Gasteiger partial charge on any atom is -0.322 e. The van der Waals surface area contributed by atoms with Crippen molar-refractivity contribution in [2.24, 2.45) is 11.8 Å². The number of fused-ring (bicyclic) bond motifs is 3. The third kappa shape index (κ3) is 5.18. The molecule has 5 rings (SSSR count). The van der Waals surface area contributed by atoms with Crippen molar-refractivity contribution in [3.05, 3.63) is 81.2 Å². The number of carbonyl (C=O) groups is 1. The van der Waals surface area contributed by atoms with Gasteiger partial charge < -0.3 is 5.32 Å². The number of hydrogen-bond acceptors (Lipinski definition) is 4. The monoisotopic (exact) mass is 554 g/mol. The Hall–Kier alpha value is -2.40. The molecule has 3 atom stereocenters. The highest BCUT2D eigenvalue weighted by Crippen LogP contribution is 2.41. The lowest BCUT2D eigenvalue weighted by Crippen LogP contribution is -2.41. The normalized spacial score (nSPS) is 21.6. The summed E-state index contributed by atoms with van der Waals surface area (Å²) in [5.74, 6) is -0.226. The third-order valence-electron chi connectivity index (χ3n) is 6.93. The van der Waals surface area contributed by atoms with Gasteiger partial charge in [0.05, 0.1) is 9.90 Å². The molecular formula is C25H22ClF3N2O3S2. The van der Waals surface area contributed by atoms with Gasteiger partial charge in [0.15, 0.2) is 0 Å². The van der Waals surface area contributed by atoms with Crippen LogP contribution in [0.1, 0.15) is 39.9 Å².